The van der Waals surface area contributed by atoms with E-state index < -0.39 is 5.97 Å². The lowest BCUT2D eigenvalue weighted by molar-refractivity contribution is -0.140. The smallest absolute Gasteiger partial charge is 0.326 e. The average Bonchev–Trinajstić information content (AvgIpc) is 2.60. The molecule has 0 N–H and O–H groups in total. The third kappa shape index (κ3) is 5.57. The molecule has 0 radical (unpaired) electrons. The highest BCUT2D eigenvalue weighted by Crippen LogP contribution is 2.15. The lowest BCUT2D eigenvalue weighted by atomic mass is 10.0. The van der Waals surface area contributed by atoms with Gasteiger partial charge in [0.2, 0.25) is 0 Å². The molecule has 0 aliphatic heterocycles. The van der Waals surface area contributed by atoms with Crippen molar-refractivity contribution in [2.45, 2.75) is 19.8 Å². The van der Waals surface area contributed by atoms with Crippen molar-refractivity contribution >= 4 is 29.2 Å². The predicted octanol–water partition coefficient (Wildman–Crippen LogP) is 3.72. The number of anilines is 1. The standard InChI is InChI=1S/C19H21ClN2O3/c1-13(2)14-4-6-15(7-5-14)17(23)12-25-19(24)11-22(3)18-9-8-16(20)10-21-18/h4-10,13H,11-12H2,1-3H3. The molecular formula is C19H21ClN2O3. The first-order chi connectivity index (χ1) is 11.9. The Labute approximate surface area is 152 Å². The molecule has 6 heteroatoms. The number of pyridine rings is 1. The zero-order chi connectivity index (χ0) is 18.4. The Morgan fingerprint density at radius 2 is 1.84 bits per heavy atom. The fourth-order valence-corrected chi connectivity index (χ4v) is 2.31. The number of likely N-dealkylation sites (N-methyl/N-ethyl adjacent to an activating group) is 1. The average molecular weight is 361 g/mol. The minimum absolute atomic E-state index is 0.00575. The third-order valence-electron chi connectivity index (χ3n) is 3.73. The highest BCUT2D eigenvalue weighted by molar-refractivity contribution is 6.30. The van der Waals surface area contributed by atoms with Crippen molar-refractivity contribution in [1.82, 2.24) is 4.98 Å². The third-order valence-corrected chi connectivity index (χ3v) is 3.96. The molecule has 2 aromatic rings. The summed E-state index contributed by atoms with van der Waals surface area (Å²) < 4.78 is 5.07. The highest BCUT2D eigenvalue weighted by atomic mass is 35.5. The van der Waals surface area contributed by atoms with Crippen molar-refractivity contribution < 1.29 is 14.3 Å². The number of halogens is 1. The van der Waals surface area contributed by atoms with E-state index in [4.69, 9.17) is 16.3 Å². The normalized spacial score (nSPS) is 10.6. The van der Waals surface area contributed by atoms with Gasteiger partial charge in [-0.3, -0.25) is 9.59 Å². The summed E-state index contributed by atoms with van der Waals surface area (Å²) in [7, 11) is 1.71. The summed E-state index contributed by atoms with van der Waals surface area (Å²) in [4.78, 5) is 29.7. The summed E-state index contributed by atoms with van der Waals surface area (Å²) in [6.07, 6.45) is 1.50. The quantitative estimate of drug-likeness (QED) is 0.556. The van der Waals surface area contributed by atoms with Gasteiger partial charge in [-0.05, 0) is 23.6 Å². The maximum atomic E-state index is 12.1. The first kappa shape index (κ1) is 18.9. The van der Waals surface area contributed by atoms with Crippen molar-refractivity contribution in [1.29, 1.82) is 0 Å². The maximum Gasteiger partial charge on any atom is 0.326 e. The van der Waals surface area contributed by atoms with Crippen LogP contribution in [0, 0.1) is 0 Å². The van der Waals surface area contributed by atoms with E-state index in [0.717, 1.165) is 5.56 Å². The van der Waals surface area contributed by atoms with Gasteiger partial charge in [0.25, 0.3) is 0 Å². The van der Waals surface area contributed by atoms with Gasteiger partial charge >= 0.3 is 5.97 Å². The lowest BCUT2D eigenvalue weighted by Gasteiger charge is -2.16. The molecule has 1 aromatic carbocycles. The molecule has 0 aliphatic rings. The van der Waals surface area contributed by atoms with E-state index in [-0.39, 0.29) is 18.9 Å². The van der Waals surface area contributed by atoms with Crippen LogP contribution in [0.25, 0.3) is 0 Å². The molecule has 1 aromatic heterocycles. The molecule has 0 saturated carbocycles. The fraction of sp³-hybridized carbons (Fsp3) is 0.316. The Morgan fingerprint density at radius 1 is 1.16 bits per heavy atom. The molecule has 0 aliphatic carbocycles. The largest absolute Gasteiger partial charge is 0.456 e. The number of esters is 1. The van der Waals surface area contributed by atoms with Crippen molar-refractivity contribution in [3.8, 4) is 0 Å². The molecule has 0 fully saturated rings. The van der Waals surface area contributed by atoms with Gasteiger partial charge in [0.1, 0.15) is 12.4 Å². The minimum atomic E-state index is -0.494. The second kappa shape index (κ2) is 8.62. The Morgan fingerprint density at radius 3 is 2.40 bits per heavy atom. The number of benzene rings is 1. The van der Waals surface area contributed by atoms with Crippen LogP contribution in [0.5, 0.6) is 0 Å². The lowest BCUT2D eigenvalue weighted by Crippen LogP contribution is -2.29. The highest BCUT2D eigenvalue weighted by Gasteiger charge is 2.13. The minimum Gasteiger partial charge on any atom is -0.456 e. The Balaban J connectivity index is 1.84. The van der Waals surface area contributed by atoms with Crippen molar-refractivity contribution in [3.63, 3.8) is 0 Å². The maximum absolute atomic E-state index is 12.1. The first-order valence-corrected chi connectivity index (χ1v) is 8.36. The molecule has 0 spiro atoms. The van der Waals surface area contributed by atoms with E-state index in [9.17, 15) is 9.59 Å². The van der Waals surface area contributed by atoms with E-state index in [1.165, 1.54) is 6.20 Å². The molecule has 0 atom stereocenters. The predicted molar refractivity (Wildman–Crippen MR) is 98.3 cm³/mol. The monoisotopic (exact) mass is 360 g/mol. The molecule has 0 amide bonds. The van der Waals surface area contributed by atoms with E-state index in [0.29, 0.717) is 22.3 Å². The van der Waals surface area contributed by atoms with Crippen molar-refractivity contribution in [2.75, 3.05) is 25.1 Å². The number of carbonyl (C=O) groups is 2. The second-order valence-corrected chi connectivity index (χ2v) is 6.49. The van der Waals surface area contributed by atoms with Crippen LogP contribution >= 0.6 is 11.6 Å². The van der Waals surface area contributed by atoms with E-state index in [1.54, 1.807) is 36.2 Å². The summed E-state index contributed by atoms with van der Waals surface area (Å²) in [5, 5.41) is 0.522. The number of Topliss-reactive ketones (excluding diaryl/α,β-unsaturated/α-hetero) is 1. The van der Waals surface area contributed by atoms with Gasteiger partial charge in [-0.2, -0.15) is 0 Å². The summed E-state index contributed by atoms with van der Waals surface area (Å²) in [5.74, 6) is 0.276. The topological polar surface area (TPSA) is 59.5 Å². The van der Waals surface area contributed by atoms with Gasteiger partial charge in [0.15, 0.2) is 12.4 Å². The number of nitrogens with zero attached hydrogens (tertiary/aromatic N) is 2. The van der Waals surface area contributed by atoms with E-state index >= 15 is 0 Å². The Bertz CT molecular complexity index is 727. The number of hydrogen-bond acceptors (Lipinski definition) is 5. The molecule has 0 saturated heterocycles. The number of hydrogen-bond donors (Lipinski definition) is 0. The molecular weight excluding hydrogens is 340 g/mol. The number of carbonyl (C=O) groups excluding carboxylic acids is 2. The second-order valence-electron chi connectivity index (χ2n) is 6.05. The van der Waals surface area contributed by atoms with Gasteiger partial charge in [0.05, 0.1) is 5.02 Å². The molecule has 25 heavy (non-hydrogen) atoms. The zero-order valence-electron chi connectivity index (χ0n) is 14.5. The summed E-state index contributed by atoms with van der Waals surface area (Å²) in [5.41, 5.74) is 1.69. The molecule has 0 unspecified atom stereocenters. The SMILES string of the molecule is CC(C)c1ccc(C(=O)COC(=O)CN(C)c2ccc(Cl)cn2)cc1. The van der Waals surface area contributed by atoms with Crippen molar-refractivity contribution in [2.24, 2.45) is 0 Å². The summed E-state index contributed by atoms with van der Waals surface area (Å²) >= 11 is 5.78. The molecule has 0 bridgehead atoms. The van der Waals surface area contributed by atoms with E-state index in [2.05, 4.69) is 18.8 Å². The Hall–Kier alpha value is -2.40. The summed E-state index contributed by atoms with van der Waals surface area (Å²) in [6, 6.07) is 10.7. The molecule has 132 valence electrons. The van der Waals surface area contributed by atoms with Crippen molar-refractivity contribution in [3.05, 3.63) is 58.7 Å². The van der Waals surface area contributed by atoms with Crippen LogP contribution in [0.15, 0.2) is 42.6 Å². The molecule has 1 heterocycles. The van der Waals surface area contributed by atoms with Gasteiger partial charge in [-0.25, -0.2) is 4.98 Å². The van der Waals surface area contributed by atoms with Gasteiger partial charge in [0, 0.05) is 18.8 Å². The fourth-order valence-electron chi connectivity index (χ4n) is 2.20. The van der Waals surface area contributed by atoms with Crippen LogP contribution in [-0.2, 0) is 9.53 Å². The summed E-state index contributed by atoms with van der Waals surface area (Å²) in [6.45, 7) is 3.89. The number of rotatable bonds is 7. The van der Waals surface area contributed by atoms with Crippen LogP contribution in [0.2, 0.25) is 5.02 Å². The van der Waals surface area contributed by atoms with E-state index in [1.807, 2.05) is 12.1 Å². The number of ketones is 1. The van der Waals surface area contributed by atoms with Crippen LogP contribution in [-0.4, -0.2) is 36.9 Å². The Kier molecular flexibility index (Phi) is 6.53. The number of aromatic nitrogens is 1. The van der Waals surface area contributed by atoms with Crippen LogP contribution in [0.3, 0.4) is 0 Å². The van der Waals surface area contributed by atoms with Gasteiger partial charge in [-0.15, -0.1) is 0 Å². The van der Waals surface area contributed by atoms with Crippen LogP contribution in [0.4, 0.5) is 5.82 Å². The first-order valence-electron chi connectivity index (χ1n) is 7.98. The zero-order valence-corrected chi connectivity index (χ0v) is 15.3. The number of ether oxygens (including phenoxy) is 1. The van der Waals surface area contributed by atoms with Gasteiger partial charge < -0.3 is 9.64 Å². The molecule has 5 nitrogen and oxygen atoms in total. The molecule has 2 rings (SSSR count). The van der Waals surface area contributed by atoms with Crippen LogP contribution < -0.4 is 4.90 Å². The van der Waals surface area contributed by atoms with Crippen LogP contribution in [0.1, 0.15) is 35.7 Å². The van der Waals surface area contributed by atoms with Gasteiger partial charge in [-0.1, -0.05) is 49.7 Å².